The van der Waals surface area contributed by atoms with E-state index in [1.54, 1.807) is 6.92 Å². The van der Waals surface area contributed by atoms with Crippen molar-refractivity contribution in [3.05, 3.63) is 22.2 Å². The number of aryl methyl sites for hydroxylation is 2. The van der Waals surface area contributed by atoms with Crippen molar-refractivity contribution in [2.75, 3.05) is 19.0 Å². The molecule has 0 amide bonds. The molecular formula is C10H18NO4PS2. The third-order valence-electron chi connectivity index (χ3n) is 1.94. The maximum Gasteiger partial charge on any atom is 0.282 e. The molecule has 0 N–H and O–H groups in total. The predicted molar refractivity (Wildman–Crippen MR) is 77.7 cm³/mol. The number of aromatic nitrogens is 1. The Hall–Kier alpha value is -0.0700. The lowest BCUT2D eigenvalue weighted by molar-refractivity contribution is 0.258. The van der Waals surface area contributed by atoms with Gasteiger partial charge in [0.05, 0.1) is 19.8 Å². The van der Waals surface area contributed by atoms with Crippen LogP contribution in [-0.4, -0.2) is 23.7 Å². The van der Waals surface area contributed by atoms with Crippen molar-refractivity contribution in [3.63, 3.8) is 0 Å². The second kappa shape index (κ2) is 7.50. The van der Waals surface area contributed by atoms with Gasteiger partial charge in [0, 0.05) is 11.8 Å². The zero-order chi connectivity index (χ0) is 13.6. The lowest BCUT2D eigenvalue weighted by atomic mass is 10.5. The summed E-state index contributed by atoms with van der Waals surface area (Å²) >= 11 is 6.81. The molecular weight excluding hydrogens is 293 g/mol. The van der Waals surface area contributed by atoms with Crippen molar-refractivity contribution in [2.24, 2.45) is 0 Å². The average Bonchev–Trinajstić information content (AvgIpc) is 2.58. The van der Waals surface area contributed by atoms with Crippen LogP contribution in [0, 0.1) is 6.92 Å². The topological polar surface area (TPSA) is 53.6 Å². The molecule has 0 bridgehead atoms. The number of rotatable bonds is 8. The van der Waals surface area contributed by atoms with Crippen molar-refractivity contribution in [3.8, 4) is 0 Å². The maximum atomic E-state index is 11.4. The van der Waals surface area contributed by atoms with Gasteiger partial charge in [-0.05, 0) is 32.6 Å². The van der Waals surface area contributed by atoms with Gasteiger partial charge in [0.2, 0.25) is 5.69 Å². The van der Waals surface area contributed by atoms with E-state index in [2.05, 4.69) is 0 Å². The summed E-state index contributed by atoms with van der Waals surface area (Å²) in [7, 11) is 0. The van der Waals surface area contributed by atoms with Crippen LogP contribution in [0.1, 0.15) is 19.6 Å². The standard InChI is InChI=1S/C10H18NO4PS2/c1-4-13-16(17,14-5-2)18-7-6-11-10(12)8-9(3)15-11/h8H,4-7H2,1-3H3. The highest BCUT2D eigenvalue weighted by atomic mass is 32.9. The molecule has 0 aliphatic rings. The fraction of sp³-hybridized carbons (Fsp3) is 0.700. The Kier molecular flexibility index (Phi) is 6.66. The Balaban J connectivity index is 2.51. The largest absolute Gasteiger partial charge is 0.381 e. The smallest absolute Gasteiger partial charge is 0.282 e. The molecule has 1 aromatic heterocycles. The second-order valence-electron chi connectivity index (χ2n) is 3.40. The molecule has 0 aliphatic carbocycles. The monoisotopic (exact) mass is 311 g/mol. The number of hydrogen-bond donors (Lipinski definition) is 0. The van der Waals surface area contributed by atoms with Gasteiger partial charge in [-0.25, -0.2) is 0 Å². The first-order valence-electron chi connectivity index (χ1n) is 5.72. The van der Waals surface area contributed by atoms with Crippen molar-refractivity contribution in [2.45, 2.75) is 27.3 Å². The molecule has 8 heteroatoms. The van der Waals surface area contributed by atoms with E-state index in [-0.39, 0.29) is 5.56 Å². The van der Waals surface area contributed by atoms with Crippen LogP contribution in [0.25, 0.3) is 0 Å². The maximum absolute atomic E-state index is 11.4. The van der Waals surface area contributed by atoms with Crippen molar-refractivity contribution in [1.82, 2.24) is 4.74 Å². The Labute approximate surface area is 116 Å². The average molecular weight is 311 g/mol. The first-order valence-corrected chi connectivity index (χ1v) is 9.95. The molecule has 1 heterocycles. The van der Waals surface area contributed by atoms with E-state index in [1.807, 2.05) is 13.8 Å². The minimum absolute atomic E-state index is 0.130. The van der Waals surface area contributed by atoms with Crippen LogP contribution in [0.2, 0.25) is 0 Å². The lowest BCUT2D eigenvalue weighted by Gasteiger charge is -2.19. The van der Waals surface area contributed by atoms with Crippen LogP contribution < -0.4 is 5.56 Å². The first kappa shape index (κ1) is 16.0. The third-order valence-corrected chi connectivity index (χ3v) is 7.49. The molecule has 0 saturated carbocycles. The van der Waals surface area contributed by atoms with Crippen LogP contribution in [-0.2, 0) is 27.4 Å². The molecule has 1 aromatic rings. The summed E-state index contributed by atoms with van der Waals surface area (Å²) in [4.78, 5) is 11.4. The minimum Gasteiger partial charge on any atom is -0.381 e. The SMILES string of the molecule is CCOP(=S)(OCC)SCCn1oc(C)cc1=O. The summed E-state index contributed by atoms with van der Waals surface area (Å²) in [6, 6.07) is 1.46. The van der Waals surface area contributed by atoms with Crippen molar-refractivity contribution in [1.29, 1.82) is 0 Å². The Morgan fingerprint density at radius 2 is 2.06 bits per heavy atom. The van der Waals surface area contributed by atoms with Gasteiger partial charge in [0.1, 0.15) is 5.76 Å². The van der Waals surface area contributed by atoms with Gasteiger partial charge in [-0.3, -0.25) is 4.79 Å². The number of hydrogen-bond acceptors (Lipinski definition) is 6. The second-order valence-corrected chi connectivity index (χ2v) is 9.83. The van der Waals surface area contributed by atoms with Crippen molar-refractivity contribution >= 4 is 28.9 Å². The van der Waals surface area contributed by atoms with E-state index in [9.17, 15) is 4.79 Å². The van der Waals surface area contributed by atoms with E-state index >= 15 is 0 Å². The first-order chi connectivity index (χ1) is 8.50. The molecule has 0 unspecified atom stereocenters. The molecule has 104 valence electrons. The Morgan fingerprint density at radius 1 is 1.44 bits per heavy atom. The van der Waals surface area contributed by atoms with Crippen LogP contribution in [0.4, 0.5) is 0 Å². The van der Waals surface area contributed by atoms with Crippen LogP contribution in [0.3, 0.4) is 0 Å². The molecule has 0 atom stereocenters. The minimum atomic E-state index is -2.27. The molecule has 0 radical (unpaired) electrons. The van der Waals surface area contributed by atoms with Crippen molar-refractivity contribution < 1.29 is 13.6 Å². The molecule has 0 spiro atoms. The summed E-state index contributed by atoms with van der Waals surface area (Å²) < 4.78 is 17.5. The highest BCUT2D eigenvalue weighted by Crippen LogP contribution is 2.60. The molecule has 0 saturated heterocycles. The van der Waals surface area contributed by atoms with Gasteiger partial charge in [-0.15, -0.1) is 0 Å². The van der Waals surface area contributed by atoms with Gasteiger partial charge in [-0.2, -0.15) is 4.74 Å². The Bertz CT molecular complexity index is 461. The van der Waals surface area contributed by atoms with Gasteiger partial charge in [-0.1, -0.05) is 11.4 Å². The fourth-order valence-corrected chi connectivity index (χ4v) is 5.94. The summed E-state index contributed by atoms with van der Waals surface area (Å²) in [6.07, 6.45) is 0. The fourth-order valence-electron chi connectivity index (χ4n) is 1.31. The third kappa shape index (κ3) is 4.90. The molecule has 18 heavy (non-hydrogen) atoms. The summed E-state index contributed by atoms with van der Waals surface area (Å²) in [5.74, 6) is 1.24. The molecule has 5 nitrogen and oxygen atoms in total. The Morgan fingerprint density at radius 3 is 2.50 bits per heavy atom. The van der Waals surface area contributed by atoms with Gasteiger partial charge in [0.15, 0.2) is 0 Å². The quantitative estimate of drug-likeness (QED) is 0.688. The van der Waals surface area contributed by atoms with Crippen LogP contribution >= 0.6 is 17.1 Å². The van der Waals surface area contributed by atoms with Gasteiger partial charge < -0.3 is 13.6 Å². The van der Waals surface area contributed by atoms with Crippen LogP contribution in [0.5, 0.6) is 0 Å². The molecule has 0 fully saturated rings. The summed E-state index contributed by atoms with van der Waals surface area (Å²) in [5.41, 5.74) is -2.40. The summed E-state index contributed by atoms with van der Waals surface area (Å²) in [6.45, 7) is 7.06. The molecule has 1 rings (SSSR count). The zero-order valence-corrected chi connectivity index (χ0v) is 13.3. The van der Waals surface area contributed by atoms with Gasteiger partial charge in [0.25, 0.3) is 5.56 Å². The normalized spacial score (nSPS) is 11.9. The highest BCUT2D eigenvalue weighted by molar-refractivity contribution is 8.67. The number of nitrogens with zero attached hydrogens (tertiary/aromatic N) is 1. The van der Waals surface area contributed by atoms with E-state index < -0.39 is 5.69 Å². The highest BCUT2D eigenvalue weighted by Gasteiger charge is 2.18. The lowest BCUT2D eigenvalue weighted by Crippen LogP contribution is -2.14. The van der Waals surface area contributed by atoms with E-state index in [1.165, 1.54) is 22.2 Å². The van der Waals surface area contributed by atoms with E-state index in [0.717, 1.165) is 0 Å². The molecule has 0 aromatic carbocycles. The summed E-state index contributed by atoms with van der Waals surface area (Å²) in [5, 5.41) is 0. The van der Waals surface area contributed by atoms with Gasteiger partial charge >= 0.3 is 0 Å². The molecule has 0 aliphatic heterocycles. The van der Waals surface area contributed by atoms with Crippen LogP contribution in [0.15, 0.2) is 15.4 Å². The zero-order valence-electron chi connectivity index (χ0n) is 10.7. The van der Waals surface area contributed by atoms with E-state index in [0.29, 0.717) is 31.3 Å². The predicted octanol–water partition coefficient (Wildman–Crippen LogP) is 2.78. The van der Waals surface area contributed by atoms with E-state index in [4.69, 9.17) is 25.4 Å².